The molecule has 3 nitrogen and oxygen atoms in total. The van der Waals surface area contributed by atoms with E-state index >= 15 is 0 Å². The number of rotatable bonds is 11. The van der Waals surface area contributed by atoms with E-state index in [0.717, 1.165) is 37.0 Å². The van der Waals surface area contributed by atoms with Gasteiger partial charge in [0.05, 0.1) is 5.75 Å². The summed E-state index contributed by atoms with van der Waals surface area (Å²) in [6.45, 7) is 9.38. The van der Waals surface area contributed by atoms with Crippen LogP contribution in [-0.2, 0) is 10.0 Å². The third-order valence-electron chi connectivity index (χ3n) is 7.77. The molecule has 0 amide bonds. The third kappa shape index (κ3) is 6.19. The van der Waals surface area contributed by atoms with Gasteiger partial charge in [-0.15, -0.1) is 0 Å². The van der Waals surface area contributed by atoms with Crippen molar-refractivity contribution in [2.45, 2.75) is 91.9 Å². The molecule has 4 aliphatic rings. The van der Waals surface area contributed by atoms with Crippen LogP contribution in [-0.4, -0.2) is 31.6 Å². The van der Waals surface area contributed by atoms with Crippen LogP contribution in [0.25, 0.3) is 0 Å². The zero-order valence-corrected chi connectivity index (χ0v) is 20.1. The lowest BCUT2D eigenvalue weighted by Crippen LogP contribution is -2.46. The minimum atomic E-state index is -3.14. The molecule has 4 rings (SSSR count). The normalized spacial score (nSPS) is 31.5. The van der Waals surface area contributed by atoms with Gasteiger partial charge in [0, 0.05) is 13.1 Å². The van der Waals surface area contributed by atoms with Crippen molar-refractivity contribution < 1.29 is 8.42 Å². The van der Waals surface area contributed by atoms with E-state index in [4.69, 9.17) is 0 Å². The highest BCUT2D eigenvalue weighted by Gasteiger charge is 2.50. The summed E-state index contributed by atoms with van der Waals surface area (Å²) in [4.78, 5) is 0. The molecule has 0 aliphatic heterocycles. The summed E-state index contributed by atoms with van der Waals surface area (Å²) in [6, 6.07) is 0. The van der Waals surface area contributed by atoms with Crippen LogP contribution >= 0.6 is 0 Å². The molecule has 0 aromatic carbocycles. The largest absolute Gasteiger partial charge is 0.214 e. The summed E-state index contributed by atoms with van der Waals surface area (Å²) in [5.41, 5.74) is 3.18. The van der Waals surface area contributed by atoms with Gasteiger partial charge in [-0.2, -0.15) is 4.31 Å². The summed E-state index contributed by atoms with van der Waals surface area (Å²) in [5, 5.41) is 0. The molecule has 4 saturated carbocycles. The van der Waals surface area contributed by atoms with Crippen LogP contribution in [0.15, 0.2) is 23.3 Å². The molecule has 4 bridgehead atoms. The lowest BCUT2D eigenvalue weighted by Gasteiger charge is -2.57. The van der Waals surface area contributed by atoms with Crippen molar-refractivity contribution >= 4 is 10.0 Å². The van der Waals surface area contributed by atoms with Crippen molar-refractivity contribution in [2.75, 3.05) is 18.8 Å². The number of allylic oxidation sites excluding steroid dienone is 3. The molecule has 0 saturated heterocycles. The molecule has 0 spiro atoms. The summed E-state index contributed by atoms with van der Waals surface area (Å²) >= 11 is 0. The Morgan fingerprint density at radius 2 is 1.59 bits per heavy atom. The highest BCUT2D eigenvalue weighted by molar-refractivity contribution is 7.89. The molecule has 4 aliphatic carbocycles. The maximum atomic E-state index is 12.7. The number of hydrogen-bond acceptors (Lipinski definition) is 2. The average Bonchev–Trinajstić information content (AvgIpc) is 2.62. The highest BCUT2D eigenvalue weighted by Crippen LogP contribution is 2.61. The first kappa shape index (κ1) is 23.1. The Morgan fingerprint density at radius 3 is 2.10 bits per heavy atom. The van der Waals surface area contributed by atoms with Crippen molar-refractivity contribution in [2.24, 2.45) is 23.2 Å². The van der Waals surface area contributed by atoms with E-state index in [2.05, 4.69) is 32.9 Å². The first-order valence-corrected chi connectivity index (χ1v) is 13.6. The van der Waals surface area contributed by atoms with Gasteiger partial charge < -0.3 is 0 Å². The SMILES string of the molecule is CCS(=O)(=O)N(C/C=C(\C)CCC=C(C)C)CCCC12CC3CC(CC(C3)C1)C2. The van der Waals surface area contributed by atoms with Crippen LogP contribution < -0.4 is 0 Å². The van der Waals surface area contributed by atoms with Gasteiger partial charge in [-0.05, 0) is 115 Å². The lowest BCUT2D eigenvalue weighted by molar-refractivity contribution is -0.0584. The Bertz CT molecular complexity index is 680. The minimum Gasteiger partial charge on any atom is -0.212 e. The molecule has 4 fully saturated rings. The standard InChI is InChI=1S/C25H43NO2S/c1-5-29(27,28)26(13-10-21(4)9-6-8-20(2)3)12-7-11-25-17-22-14-23(18-25)16-24(15-22)19-25/h8,10,22-24H,5-7,9,11-19H2,1-4H3/b21-10+. The first-order chi connectivity index (χ1) is 13.7. The Hall–Kier alpha value is -0.610. The molecule has 166 valence electrons. The predicted molar refractivity (Wildman–Crippen MR) is 123 cm³/mol. The van der Waals surface area contributed by atoms with Gasteiger partial charge in [0.1, 0.15) is 0 Å². The van der Waals surface area contributed by atoms with Gasteiger partial charge in [0.2, 0.25) is 10.0 Å². The van der Waals surface area contributed by atoms with Crippen LogP contribution in [0.1, 0.15) is 91.9 Å². The monoisotopic (exact) mass is 421 g/mol. The molecule has 0 aromatic rings. The summed E-state index contributed by atoms with van der Waals surface area (Å²) in [5.74, 6) is 3.13. The van der Waals surface area contributed by atoms with E-state index in [0.29, 0.717) is 18.5 Å². The van der Waals surface area contributed by atoms with Crippen LogP contribution in [0.5, 0.6) is 0 Å². The molecule has 0 heterocycles. The van der Waals surface area contributed by atoms with Crippen molar-refractivity contribution in [1.82, 2.24) is 4.31 Å². The van der Waals surface area contributed by atoms with E-state index in [1.165, 1.54) is 56.1 Å². The zero-order valence-electron chi connectivity index (χ0n) is 19.3. The Morgan fingerprint density at radius 1 is 1.00 bits per heavy atom. The molecule has 0 N–H and O–H groups in total. The average molecular weight is 422 g/mol. The predicted octanol–water partition coefficient (Wildman–Crippen LogP) is 6.33. The Kier molecular flexibility index (Phi) is 7.70. The van der Waals surface area contributed by atoms with Crippen LogP contribution in [0.4, 0.5) is 0 Å². The van der Waals surface area contributed by atoms with Gasteiger partial charge in [-0.1, -0.05) is 23.3 Å². The van der Waals surface area contributed by atoms with E-state index in [1.54, 1.807) is 11.2 Å². The van der Waals surface area contributed by atoms with E-state index < -0.39 is 10.0 Å². The Balaban J connectivity index is 1.54. The van der Waals surface area contributed by atoms with Crippen LogP contribution in [0, 0.1) is 23.2 Å². The van der Waals surface area contributed by atoms with Gasteiger partial charge in [0.15, 0.2) is 0 Å². The van der Waals surface area contributed by atoms with E-state index in [9.17, 15) is 8.42 Å². The molecule has 4 heteroatoms. The van der Waals surface area contributed by atoms with Gasteiger partial charge >= 0.3 is 0 Å². The second kappa shape index (κ2) is 9.68. The Labute approximate surface area is 180 Å². The maximum Gasteiger partial charge on any atom is 0.214 e. The smallest absolute Gasteiger partial charge is 0.212 e. The number of hydrogen-bond donors (Lipinski definition) is 0. The zero-order chi connectivity index (χ0) is 21.1. The fraction of sp³-hybridized carbons (Fsp3) is 0.840. The van der Waals surface area contributed by atoms with Crippen molar-refractivity contribution in [3.8, 4) is 0 Å². The van der Waals surface area contributed by atoms with Gasteiger partial charge in [-0.3, -0.25) is 0 Å². The number of nitrogens with zero attached hydrogens (tertiary/aromatic N) is 1. The first-order valence-electron chi connectivity index (χ1n) is 12.0. The van der Waals surface area contributed by atoms with Crippen molar-refractivity contribution in [3.05, 3.63) is 23.3 Å². The van der Waals surface area contributed by atoms with Gasteiger partial charge in [0.25, 0.3) is 0 Å². The van der Waals surface area contributed by atoms with Crippen molar-refractivity contribution in [3.63, 3.8) is 0 Å². The fourth-order valence-electron chi connectivity index (χ4n) is 6.70. The number of sulfonamides is 1. The summed E-state index contributed by atoms with van der Waals surface area (Å²) in [7, 11) is -3.14. The van der Waals surface area contributed by atoms with Crippen LogP contribution in [0.2, 0.25) is 0 Å². The molecule has 0 unspecified atom stereocenters. The van der Waals surface area contributed by atoms with Gasteiger partial charge in [-0.25, -0.2) is 8.42 Å². The molecular weight excluding hydrogens is 378 g/mol. The second-order valence-corrected chi connectivity index (χ2v) is 12.9. The summed E-state index contributed by atoms with van der Waals surface area (Å²) in [6.07, 6.45) is 17.4. The molecule has 0 aromatic heterocycles. The van der Waals surface area contributed by atoms with E-state index in [1.807, 2.05) is 0 Å². The molecule has 29 heavy (non-hydrogen) atoms. The lowest BCUT2D eigenvalue weighted by atomic mass is 9.48. The van der Waals surface area contributed by atoms with E-state index in [-0.39, 0.29) is 5.75 Å². The highest BCUT2D eigenvalue weighted by atomic mass is 32.2. The van der Waals surface area contributed by atoms with Crippen LogP contribution in [0.3, 0.4) is 0 Å². The minimum absolute atomic E-state index is 0.203. The quantitative estimate of drug-likeness (QED) is 0.366. The topological polar surface area (TPSA) is 37.4 Å². The second-order valence-electron chi connectivity index (χ2n) is 10.7. The third-order valence-corrected chi connectivity index (χ3v) is 9.62. The fourth-order valence-corrected chi connectivity index (χ4v) is 7.78. The molecular formula is C25H43NO2S. The molecule has 0 radical (unpaired) electrons. The maximum absolute atomic E-state index is 12.7. The molecule has 0 atom stereocenters. The summed E-state index contributed by atoms with van der Waals surface area (Å²) < 4.78 is 27.1. The van der Waals surface area contributed by atoms with Crippen molar-refractivity contribution in [1.29, 1.82) is 0 Å².